The van der Waals surface area contributed by atoms with E-state index >= 15 is 0 Å². The highest BCUT2D eigenvalue weighted by Crippen LogP contribution is 2.06. The average Bonchev–Trinajstić information content (AvgIpc) is 2.66. The Kier molecular flexibility index (Phi) is 5.45. The third kappa shape index (κ3) is 6.07. The van der Waals surface area contributed by atoms with Crippen LogP contribution in [-0.2, 0) is 19.1 Å². The van der Waals surface area contributed by atoms with Crippen LogP contribution in [0.15, 0.2) is 12.2 Å². The molecule has 2 N–H and O–H groups in total. The highest BCUT2D eigenvalue weighted by molar-refractivity contribution is 6.12. The Bertz CT molecular complexity index is 461. The summed E-state index contributed by atoms with van der Waals surface area (Å²) >= 11 is 0. The van der Waals surface area contributed by atoms with Gasteiger partial charge in [-0.25, -0.2) is 4.79 Å². The second kappa shape index (κ2) is 6.87. The lowest BCUT2D eigenvalue weighted by atomic mass is 10.2. The molecule has 1 aliphatic heterocycles. The van der Waals surface area contributed by atoms with Crippen molar-refractivity contribution in [2.75, 3.05) is 19.6 Å². The lowest BCUT2D eigenvalue weighted by molar-refractivity contribution is -0.137. The van der Waals surface area contributed by atoms with Crippen LogP contribution in [0.1, 0.15) is 20.8 Å². The normalized spacial score (nSPS) is 14.3. The minimum atomic E-state index is -0.688. The maximum absolute atomic E-state index is 11.5. The molecule has 0 atom stereocenters. The summed E-state index contributed by atoms with van der Waals surface area (Å²) in [6.07, 6.45) is 1.66. The molecule has 0 spiro atoms. The first kappa shape index (κ1) is 16.7. The number of alkyl carbamates (subject to hydrolysis) is 1. The molecule has 8 nitrogen and oxygen atoms in total. The number of amides is 4. The zero-order valence-corrected chi connectivity index (χ0v) is 12.3. The molecule has 0 radical (unpaired) electrons. The first-order chi connectivity index (χ1) is 9.69. The predicted octanol–water partition coefficient (Wildman–Crippen LogP) is -0.448. The Hall–Kier alpha value is -2.38. The number of carbonyl (C=O) groups is 4. The van der Waals surface area contributed by atoms with Gasteiger partial charge in [-0.3, -0.25) is 19.3 Å². The second-order valence-electron chi connectivity index (χ2n) is 5.37. The van der Waals surface area contributed by atoms with Crippen molar-refractivity contribution >= 4 is 23.8 Å². The van der Waals surface area contributed by atoms with Crippen molar-refractivity contribution in [1.29, 1.82) is 0 Å². The Morgan fingerprint density at radius 1 is 1.14 bits per heavy atom. The van der Waals surface area contributed by atoms with Crippen molar-refractivity contribution in [3.05, 3.63) is 12.2 Å². The van der Waals surface area contributed by atoms with Gasteiger partial charge in [-0.1, -0.05) is 0 Å². The largest absolute Gasteiger partial charge is 0.444 e. The Morgan fingerprint density at radius 3 is 2.24 bits per heavy atom. The van der Waals surface area contributed by atoms with Gasteiger partial charge in [-0.2, -0.15) is 0 Å². The Morgan fingerprint density at radius 2 is 1.71 bits per heavy atom. The topological polar surface area (TPSA) is 105 Å². The van der Waals surface area contributed by atoms with Crippen molar-refractivity contribution in [3.8, 4) is 0 Å². The summed E-state index contributed by atoms with van der Waals surface area (Å²) in [7, 11) is 0. The first-order valence-corrected chi connectivity index (χ1v) is 6.46. The molecule has 1 aliphatic rings. The average molecular weight is 297 g/mol. The molecule has 0 fully saturated rings. The van der Waals surface area contributed by atoms with Crippen molar-refractivity contribution < 1.29 is 23.9 Å². The zero-order valence-electron chi connectivity index (χ0n) is 12.3. The van der Waals surface area contributed by atoms with Gasteiger partial charge in [-0.15, -0.1) is 0 Å². The number of hydrogen-bond donors (Lipinski definition) is 2. The van der Waals surface area contributed by atoms with Crippen LogP contribution < -0.4 is 10.6 Å². The summed E-state index contributed by atoms with van der Waals surface area (Å²) in [6, 6.07) is 0. The third-order valence-corrected chi connectivity index (χ3v) is 2.35. The standard InChI is InChI=1S/C13H19N3O5/c1-13(2,3)21-12(20)15-8-9(17)14-6-7-16-10(18)4-5-11(16)19/h4-5H,6-8H2,1-3H3,(H,14,17)(H,15,20). The molecule has 4 amide bonds. The highest BCUT2D eigenvalue weighted by atomic mass is 16.6. The maximum atomic E-state index is 11.5. The van der Waals surface area contributed by atoms with Crippen molar-refractivity contribution in [3.63, 3.8) is 0 Å². The molecule has 0 bridgehead atoms. The Labute approximate surface area is 122 Å². The molecular formula is C13H19N3O5. The molecule has 0 aromatic carbocycles. The van der Waals surface area contributed by atoms with Gasteiger partial charge in [-0.05, 0) is 20.8 Å². The molecule has 1 rings (SSSR count). The number of nitrogens with zero attached hydrogens (tertiary/aromatic N) is 1. The lowest BCUT2D eigenvalue weighted by Gasteiger charge is -2.19. The van der Waals surface area contributed by atoms with Crippen LogP contribution in [0.3, 0.4) is 0 Å². The molecule has 0 aromatic rings. The fourth-order valence-corrected chi connectivity index (χ4v) is 1.49. The molecule has 1 heterocycles. The van der Waals surface area contributed by atoms with E-state index < -0.39 is 29.4 Å². The van der Waals surface area contributed by atoms with Crippen LogP contribution in [0.2, 0.25) is 0 Å². The number of nitrogens with one attached hydrogen (secondary N) is 2. The van der Waals surface area contributed by atoms with Crippen molar-refractivity contribution in [2.24, 2.45) is 0 Å². The summed E-state index contributed by atoms with van der Waals surface area (Å²) < 4.78 is 4.97. The van der Waals surface area contributed by atoms with Crippen LogP contribution in [-0.4, -0.2) is 54.0 Å². The van der Waals surface area contributed by atoms with Gasteiger partial charge < -0.3 is 15.4 Å². The van der Waals surface area contributed by atoms with Crippen LogP contribution in [0.4, 0.5) is 4.79 Å². The van der Waals surface area contributed by atoms with E-state index in [1.807, 2.05) is 0 Å². The van der Waals surface area contributed by atoms with Crippen LogP contribution >= 0.6 is 0 Å². The van der Waals surface area contributed by atoms with Crippen LogP contribution in [0.25, 0.3) is 0 Å². The van der Waals surface area contributed by atoms with Gasteiger partial charge in [0.1, 0.15) is 5.60 Å². The van der Waals surface area contributed by atoms with E-state index in [-0.39, 0.29) is 19.6 Å². The molecule has 8 heteroatoms. The number of ether oxygens (including phenoxy) is 1. The minimum Gasteiger partial charge on any atom is -0.444 e. The van der Waals surface area contributed by atoms with E-state index in [4.69, 9.17) is 4.74 Å². The number of rotatable bonds is 5. The monoisotopic (exact) mass is 297 g/mol. The second-order valence-corrected chi connectivity index (χ2v) is 5.37. The van der Waals surface area contributed by atoms with E-state index in [0.717, 1.165) is 4.90 Å². The van der Waals surface area contributed by atoms with Gasteiger partial charge in [0.15, 0.2) is 0 Å². The number of carbonyl (C=O) groups excluding carboxylic acids is 4. The molecule has 0 aliphatic carbocycles. The van der Waals surface area contributed by atoms with Crippen LogP contribution in [0, 0.1) is 0 Å². The summed E-state index contributed by atoms with van der Waals surface area (Å²) in [6.45, 7) is 5.10. The molecular weight excluding hydrogens is 278 g/mol. The highest BCUT2D eigenvalue weighted by Gasteiger charge is 2.22. The molecule has 116 valence electrons. The molecule has 0 aromatic heterocycles. The van der Waals surface area contributed by atoms with Gasteiger partial charge >= 0.3 is 6.09 Å². The van der Waals surface area contributed by atoms with E-state index in [1.54, 1.807) is 20.8 Å². The summed E-state index contributed by atoms with van der Waals surface area (Å²) in [5, 5.41) is 4.79. The van der Waals surface area contributed by atoms with Gasteiger partial charge in [0, 0.05) is 25.2 Å². The predicted molar refractivity (Wildman–Crippen MR) is 73.1 cm³/mol. The fourth-order valence-electron chi connectivity index (χ4n) is 1.49. The van der Waals surface area contributed by atoms with E-state index in [0.29, 0.717) is 0 Å². The number of hydrogen-bond acceptors (Lipinski definition) is 5. The zero-order chi connectivity index (χ0) is 16.0. The van der Waals surface area contributed by atoms with Gasteiger partial charge in [0.25, 0.3) is 11.8 Å². The van der Waals surface area contributed by atoms with Gasteiger partial charge in [0.05, 0.1) is 6.54 Å². The summed E-state index contributed by atoms with van der Waals surface area (Å²) in [4.78, 5) is 46.3. The number of imide groups is 1. The first-order valence-electron chi connectivity index (χ1n) is 6.46. The summed E-state index contributed by atoms with van der Waals surface area (Å²) in [5.41, 5.74) is -0.635. The van der Waals surface area contributed by atoms with Gasteiger partial charge in [0.2, 0.25) is 5.91 Å². The maximum Gasteiger partial charge on any atom is 0.408 e. The quantitative estimate of drug-likeness (QED) is 0.669. The van der Waals surface area contributed by atoms with E-state index in [1.165, 1.54) is 12.2 Å². The van der Waals surface area contributed by atoms with Crippen LogP contribution in [0.5, 0.6) is 0 Å². The molecule has 21 heavy (non-hydrogen) atoms. The summed E-state index contributed by atoms with van der Waals surface area (Å²) in [5.74, 6) is -1.24. The Balaban J connectivity index is 2.19. The fraction of sp³-hybridized carbons (Fsp3) is 0.538. The van der Waals surface area contributed by atoms with E-state index in [2.05, 4.69) is 10.6 Å². The van der Waals surface area contributed by atoms with Crippen molar-refractivity contribution in [2.45, 2.75) is 26.4 Å². The lowest BCUT2D eigenvalue weighted by Crippen LogP contribution is -2.43. The molecule has 0 unspecified atom stereocenters. The van der Waals surface area contributed by atoms with Crippen molar-refractivity contribution in [1.82, 2.24) is 15.5 Å². The minimum absolute atomic E-state index is 0.0862. The molecule has 0 saturated carbocycles. The molecule has 0 saturated heterocycles. The smallest absolute Gasteiger partial charge is 0.408 e. The third-order valence-electron chi connectivity index (χ3n) is 2.35. The SMILES string of the molecule is CC(C)(C)OC(=O)NCC(=O)NCCN1C(=O)C=CC1=O. The van der Waals surface area contributed by atoms with E-state index in [9.17, 15) is 19.2 Å².